The van der Waals surface area contributed by atoms with Gasteiger partial charge in [0.2, 0.25) is 5.91 Å². The molecule has 0 aliphatic carbocycles. The molecule has 0 spiro atoms. The molecule has 1 aromatic carbocycles. The molecule has 0 radical (unpaired) electrons. The fraction of sp³-hybridized carbons (Fsp3) is 0.588. The molecule has 0 bridgehead atoms. The molecule has 4 heteroatoms. The lowest BCUT2D eigenvalue weighted by Gasteiger charge is -2.32. The Morgan fingerprint density at radius 1 is 1.38 bits per heavy atom. The Hall–Kier alpha value is -1.42. The van der Waals surface area contributed by atoms with Crippen molar-refractivity contribution in [1.29, 1.82) is 0 Å². The number of carbonyl (C=O) groups excluding carboxylic acids is 1. The maximum absolute atomic E-state index is 13.1. The molecule has 1 aliphatic heterocycles. The summed E-state index contributed by atoms with van der Waals surface area (Å²) in [5, 5.41) is 3.11. The predicted molar refractivity (Wildman–Crippen MR) is 82.6 cm³/mol. The van der Waals surface area contributed by atoms with Gasteiger partial charge in [0.1, 0.15) is 5.82 Å². The molecule has 1 aromatic rings. The lowest BCUT2D eigenvalue weighted by Crippen LogP contribution is -2.44. The van der Waals surface area contributed by atoms with Crippen LogP contribution in [0, 0.1) is 5.82 Å². The first-order valence-corrected chi connectivity index (χ1v) is 7.93. The number of halogens is 1. The Morgan fingerprint density at radius 3 is 2.81 bits per heavy atom. The highest BCUT2D eigenvalue weighted by molar-refractivity contribution is 5.76. The zero-order valence-electron chi connectivity index (χ0n) is 12.8. The van der Waals surface area contributed by atoms with E-state index < -0.39 is 0 Å². The van der Waals surface area contributed by atoms with Crippen molar-refractivity contribution in [2.24, 2.45) is 0 Å². The second-order valence-electron chi connectivity index (χ2n) is 5.81. The van der Waals surface area contributed by atoms with E-state index in [2.05, 4.69) is 17.1 Å². The molecule has 116 valence electrons. The molecule has 1 aliphatic rings. The van der Waals surface area contributed by atoms with Gasteiger partial charge in [0.15, 0.2) is 0 Å². The van der Waals surface area contributed by atoms with Gasteiger partial charge >= 0.3 is 0 Å². The number of aryl methyl sites for hydroxylation is 1. The SMILES string of the molecule is CCCN1CCC(NC(=O)CCc2cccc(F)c2)CC1. The smallest absolute Gasteiger partial charge is 0.220 e. The summed E-state index contributed by atoms with van der Waals surface area (Å²) in [6.45, 7) is 5.49. The Labute approximate surface area is 126 Å². The third-order valence-corrected chi connectivity index (χ3v) is 4.02. The molecule has 0 atom stereocenters. The van der Waals surface area contributed by atoms with Gasteiger partial charge in [-0.1, -0.05) is 19.1 Å². The number of nitrogens with zero attached hydrogens (tertiary/aromatic N) is 1. The van der Waals surface area contributed by atoms with Gasteiger partial charge < -0.3 is 10.2 Å². The second-order valence-corrected chi connectivity index (χ2v) is 5.81. The minimum absolute atomic E-state index is 0.0770. The zero-order chi connectivity index (χ0) is 15.1. The van der Waals surface area contributed by atoms with Gasteiger partial charge in [-0.2, -0.15) is 0 Å². The van der Waals surface area contributed by atoms with Gasteiger partial charge in [-0.15, -0.1) is 0 Å². The molecular formula is C17H25FN2O. The standard InChI is InChI=1S/C17H25FN2O/c1-2-10-20-11-8-16(9-12-20)19-17(21)7-6-14-4-3-5-15(18)13-14/h3-5,13,16H,2,6-12H2,1H3,(H,19,21). The Bertz CT molecular complexity index is 456. The Balaban J connectivity index is 1.68. The van der Waals surface area contributed by atoms with Crippen molar-refractivity contribution in [3.05, 3.63) is 35.6 Å². The van der Waals surface area contributed by atoms with E-state index in [0.29, 0.717) is 18.9 Å². The molecular weight excluding hydrogens is 267 g/mol. The van der Waals surface area contributed by atoms with Gasteiger partial charge in [-0.05, 0) is 49.9 Å². The number of rotatable bonds is 6. The summed E-state index contributed by atoms with van der Waals surface area (Å²) in [6, 6.07) is 6.77. The summed E-state index contributed by atoms with van der Waals surface area (Å²) in [5.74, 6) is -0.163. The van der Waals surface area contributed by atoms with E-state index in [1.165, 1.54) is 18.6 Å². The minimum atomic E-state index is -0.240. The molecule has 1 heterocycles. The lowest BCUT2D eigenvalue weighted by molar-refractivity contribution is -0.122. The van der Waals surface area contributed by atoms with Gasteiger partial charge in [0, 0.05) is 25.6 Å². The van der Waals surface area contributed by atoms with E-state index in [1.54, 1.807) is 6.07 Å². The van der Waals surface area contributed by atoms with E-state index >= 15 is 0 Å². The fourth-order valence-electron chi connectivity index (χ4n) is 2.87. The van der Waals surface area contributed by atoms with Crippen LogP contribution in [0.2, 0.25) is 0 Å². The largest absolute Gasteiger partial charge is 0.353 e. The molecule has 1 fully saturated rings. The summed E-state index contributed by atoms with van der Waals surface area (Å²) in [7, 11) is 0. The van der Waals surface area contributed by atoms with Crippen LogP contribution in [0.25, 0.3) is 0 Å². The average molecular weight is 292 g/mol. The average Bonchev–Trinajstić information content (AvgIpc) is 2.48. The predicted octanol–water partition coefficient (Wildman–Crippen LogP) is 2.75. The molecule has 1 amide bonds. The fourth-order valence-corrected chi connectivity index (χ4v) is 2.87. The molecule has 1 N–H and O–H groups in total. The summed E-state index contributed by atoms with van der Waals surface area (Å²) in [4.78, 5) is 14.4. The topological polar surface area (TPSA) is 32.3 Å². The molecule has 21 heavy (non-hydrogen) atoms. The van der Waals surface area contributed by atoms with Gasteiger partial charge in [-0.25, -0.2) is 4.39 Å². The van der Waals surface area contributed by atoms with Crippen LogP contribution in [0.15, 0.2) is 24.3 Å². The van der Waals surface area contributed by atoms with Crippen molar-refractivity contribution < 1.29 is 9.18 Å². The number of piperidine rings is 1. The van der Waals surface area contributed by atoms with Crippen LogP contribution in [-0.4, -0.2) is 36.5 Å². The maximum Gasteiger partial charge on any atom is 0.220 e. The van der Waals surface area contributed by atoms with Crippen molar-refractivity contribution in [2.75, 3.05) is 19.6 Å². The molecule has 3 nitrogen and oxygen atoms in total. The number of hydrogen-bond acceptors (Lipinski definition) is 2. The molecule has 2 rings (SSSR count). The number of nitrogens with one attached hydrogen (secondary N) is 1. The van der Waals surface area contributed by atoms with Crippen LogP contribution in [0.1, 0.15) is 38.2 Å². The minimum Gasteiger partial charge on any atom is -0.353 e. The summed E-state index contributed by atoms with van der Waals surface area (Å²) in [5.41, 5.74) is 0.878. The van der Waals surface area contributed by atoms with Gasteiger partial charge in [-0.3, -0.25) is 4.79 Å². The number of carbonyl (C=O) groups is 1. The van der Waals surface area contributed by atoms with Crippen LogP contribution in [-0.2, 0) is 11.2 Å². The van der Waals surface area contributed by atoms with Crippen molar-refractivity contribution in [3.63, 3.8) is 0 Å². The summed E-state index contributed by atoms with van der Waals surface area (Å²) >= 11 is 0. The van der Waals surface area contributed by atoms with Crippen molar-refractivity contribution in [3.8, 4) is 0 Å². The van der Waals surface area contributed by atoms with Gasteiger partial charge in [0.25, 0.3) is 0 Å². The van der Waals surface area contributed by atoms with E-state index in [-0.39, 0.29) is 11.7 Å². The molecule has 0 saturated carbocycles. The normalized spacial score (nSPS) is 16.9. The quantitative estimate of drug-likeness (QED) is 0.874. The molecule has 1 saturated heterocycles. The first-order chi connectivity index (χ1) is 10.2. The highest BCUT2D eigenvalue weighted by Gasteiger charge is 2.19. The molecule has 0 unspecified atom stereocenters. The third kappa shape index (κ3) is 5.46. The van der Waals surface area contributed by atoms with Crippen LogP contribution in [0.5, 0.6) is 0 Å². The first kappa shape index (κ1) is 16.0. The van der Waals surface area contributed by atoms with Crippen LogP contribution >= 0.6 is 0 Å². The summed E-state index contributed by atoms with van der Waals surface area (Å²) < 4.78 is 13.1. The monoisotopic (exact) mass is 292 g/mol. The second kappa shape index (κ2) is 8.13. The van der Waals surface area contributed by atoms with E-state index in [0.717, 1.165) is 38.0 Å². The van der Waals surface area contributed by atoms with Crippen LogP contribution in [0.3, 0.4) is 0 Å². The zero-order valence-corrected chi connectivity index (χ0v) is 12.8. The first-order valence-electron chi connectivity index (χ1n) is 7.93. The van der Waals surface area contributed by atoms with Crippen LogP contribution in [0.4, 0.5) is 4.39 Å². The molecule has 0 aromatic heterocycles. The van der Waals surface area contributed by atoms with Crippen molar-refractivity contribution >= 4 is 5.91 Å². The lowest BCUT2D eigenvalue weighted by atomic mass is 10.0. The van der Waals surface area contributed by atoms with Crippen molar-refractivity contribution in [1.82, 2.24) is 10.2 Å². The van der Waals surface area contributed by atoms with E-state index in [1.807, 2.05) is 6.07 Å². The number of amides is 1. The van der Waals surface area contributed by atoms with E-state index in [9.17, 15) is 9.18 Å². The highest BCUT2D eigenvalue weighted by Crippen LogP contribution is 2.11. The number of likely N-dealkylation sites (tertiary alicyclic amines) is 1. The van der Waals surface area contributed by atoms with Crippen LogP contribution < -0.4 is 5.32 Å². The summed E-state index contributed by atoms with van der Waals surface area (Å²) in [6.07, 6.45) is 4.28. The number of hydrogen-bond donors (Lipinski definition) is 1. The van der Waals surface area contributed by atoms with Crippen molar-refractivity contribution in [2.45, 2.75) is 45.1 Å². The number of benzene rings is 1. The Kier molecular flexibility index (Phi) is 6.18. The highest BCUT2D eigenvalue weighted by atomic mass is 19.1. The third-order valence-electron chi connectivity index (χ3n) is 4.02. The van der Waals surface area contributed by atoms with E-state index in [4.69, 9.17) is 0 Å². The Morgan fingerprint density at radius 2 is 2.14 bits per heavy atom. The van der Waals surface area contributed by atoms with Gasteiger partial charge in [0.05, 0.1) is 0 Å². The maximum atomic E-state index is 13.1.